The largest absolute Gasteiger partial charge is 0.478 e. The minimum absolute atomic E-state index is 0.437. The van der Waals surface area contributed by atoms with Gasteiger partial charge in [0.15, 0.2) is 0 Å². The summed E-state index contributed by atoms with van der Waals surface area (Å²) in [6.07, 6.45) is -4.05. The van der Waals surface area contributed by atoms with Crippen LogP contribution in [0.15, 0.2) is 23.1 Å². The van der Waals surface area contributed by atoms with Gasteiger partial charge < -0.3 is 5.11 Å². The second-order valence-electron chi connectivity index (χ2n) is 3.84. The number of benzene rings is 1. The first-order chi connectivity index (χ1) is 9.47. The molecule has 5 nitrogen and oxygen atoms in total. The van der Waals surface area contributed by atoms with Crippen molar-refractivity contribution < 1.29 is 35.9 Å². The van der Waals surface area contributed by atoms with E-state index in [-0.39, 0.29) is 0 Å². The molecule has 0 saturated heterocycles. The number of alkyl halides is 4. The van der Waals surface area contributed by atoms with E-state index in [1.807, 2.05) is 0 Å². The van der Waals surface area contributed by atoms with Gasteiger partial charge in [0.05, 0.1) is 17.1 Å². The van der Waals surface area contributed by atoms with Crippen molar-refractivity contribution in [2.75, 3.05) is 6.54 Å². The average molecular weight is 350 g/mol. The van der Waals surface area contributed by atoms with E-state index in [0.29, 0.717) is 6.07 Å². The molecule has 21 heavy (non-hydrogen) atoms. The number of hydrogen-bond acceptors (Lipinski definition) is 3. The molecule has 0 aromatic heterocycles. The van der Waals surface area contributed by atoms with Gasteiger partial charge in [0.2, 0.25) is 10.0 Å². The van der Waals surface area contributed by atoms with Crippen molar-refractivity contribution in [3.05, 3.63) is 28.8 Å². The Morgan fingerprint density at radius 2 is 1.95 bits per heavy atom. The van der Waals surface area contributed by atoms with Gasteiger partial charge >= 0.3 is 18.3 Å². The fourth-order valence-corrected chi connectivity index (χ4v) is 2.76. The zero-order valence-electron chi connectivity index (χ0n) is 9.99. The van der Waals surface area contributed by atoms with Gasteiger partial charge in [-0.25, -0.2) is 26.7 Å². The number of sulfonamides is 1. The summed E-state index contributed by atoms with van der Waals surface area (Å²) in [5.74, 6) is -6.04. The summed E-state index contributed by atoms with van der Waals surface area (Å²) in [5.41, 5.74) is -0.458. The lowest BCUT2D eigenvalue weighted by molar-refractivity contribution is -0.122. The Morgan fingerprint density at radius 3 is 2.43 bits per heavy atom. The Kier molecular flexibility index (Phi) is 5.18. The Labute approximate surface area is 121 Å². The summed E-state index contributed by atoms with van der Waals surface area (Å²) in [6, 6.07) is 2.57. The second kappa shape index (κ2) is 6.16. The average Bonchev–Trinajstić information content (AvgIpc) is 2.36. The van der Waals surface area contributed by atoms with Gasteiger partial charge in [0, 0.05) is 0 Å². The Balaban J connectivity index is 3.09. The van der Waals surface area contributed by atoms with Crippen LogP contribution < -0.4 is 4.72 Å². The molecule has 0 radical (unpaired) electrons. The lowest BCUT2D eigenvalue weighted by Gasteiger charge is -2.16. The number of nitrogens with one attached hydrogen (secondary N) is 1. The van der Waals surface area contributed by atoms with Crippen molar-refractivity contribution in [3.8, 4) is 0 Å². The molecular weight excluding hydrogens is 342 g/mol. The maximum Gasteiger partial charge on any atom is 0.335 e. The molecule has 1 rings (SSSR count). The monoisotopic (exact) mass is 349 g/mol. The van der Waals surface area contributed by atoms with Crippen LogP contribution in [0.5, 0.6) is 0 Å². The highest BCUT2D eigenvalue weighted by atomic mass is 35.5. The third kappa shape index (κ3) is 4.29. The molecule has 0 unspecified atom stereocenters. The van der Waals surface area contributed by atoms with Gasteiger partial charge in [-0.15, -0.1) is 0 Å². The molecule has 0 saturated carbocycles. The van der Waals surface area contributed by atoms with E-state index in [4.69, 9.17) is 16.7 Å². The number of carboxylic acids is 1. The molecule has 0 bridgehead atoms. The van der Waals surface area contributed by atoms with Crippen LogP contribution in [0.3, 0.4) is 0 Å². The Morgan fingerprint density at radius 1 is 1.38 bits per heavy atom. The van der Waals surface area contributed by atoms with E-state index < -0.39 is 50.4 Å². The van der Waals surface area contributed by atoms with Crippen molar-refractivity contribution in [1.29, 1.82) is 0 Å². The van der Waals surface area contributed by atoms with E-state index in [0.717, 1.165) is 12.1 Å². The Hall–Kier alpha value is -1.39. The van der Waals surface area contributed by atoms with Gasteiger partial charge in [-0.3, -0.25) is 0 Å². The van der Waals surface area contributed by atoms with E-state index in [1.54, 1.807) is 0 Å². The van der Waals surface area contributed by atoms with Crippen LogP contribution in [-0.2, 0) is 10.0 Å². The van der Waals surface area contributed by atoms with Gasteiger partial charge in [-0.1, -0.05) is 11.6 Å². The SMILES string of the molecule is O=C(O)c1ccc(Cl)c(S(=O)(=O)NCC(F)(F)C(F)F)c1. The highest BCUT2D eigenvalue weighted by molar-refractivity contribution is 7.89. The van der Waals surface area contributed by atoms with Crippen molar-refractivity contribution >= 4 is 27.6 Å². The molecule has 0 aliphatic rings. The predicted octanol–water partition coefficient (Wildman–Crippen LogP) is 2.22. The van der Waals surface area contributed by atoms with Crippen LogP contribution in [0, 0.1) is 0 Å². The standard InChI is InChI=1S/C10H8ClF4NO4S/c11-6-2-1-5(8(17)18)3-7(6)21(19,20)16-4-10(14,15)9(12)13/h1-3,9,16H,4H2,(H,17,18). The van der Waals surface area contributed by atoms with Crippen molar-refractivity contribution in [1.82, 2.24) is 4.72 Å². The quantitative estimate of drug-likeness (QED) is 0.771. The molecule has 1 aromatic rings. The van der Waals surface area contributed by atoms with Gasteiger partial charge in [-0.05, 0) is 18.2 Å². The molecular formula is C10H8ClF4NO4S. The zero-order valence-corrected chi connectivity index (χ0v) is 11.6. The molecule has 0 fully saturated rings. The maximum atomic E-state index is 12.7. The first-order valence-corrected chi connectivity index (χ1v) is 7.02. The van der Waals surface area contributed by atoms with Crippen LogP contribution in [0.25, 0.3) is 0 Å². The van der Waals surface area contributed by atoms with Crippen LogP contribution in [0.1, 0.15) is 10.4 Å². The zero-order chi connectivity index (χ0) is 16.4. The molecule has 0 spiro atoms. The number of rotatable bonds is 6. The third-order valence-electron chi connectivity index (χ3n) is 2.28. The maximum absolute atomic E-state index is 12.7. The highest BCUT2D eigenvalue weighted by Crippen LogP contribution is 2.25. The number of carbonyl (C=O) groups is 1. The van der Waals surface area contributed by atoms with Crippen molar-refractivity contribution in [2.45, 2.75) is 17.2 Å². The topological polar surface area (TPSA) is 83.5 Å². The number of halogens is 5. The first-order valence-electron chi connectivity index (χ1n) is 5.16. The number of aromatic carboxylic acids is 1. The minimum Gasteiger partial charge on any atom is -0.478 e. The molecule has 0 aliphatic heterocycles. The predicted molar refractivity (Wildman–Crippen MR) is 64.6 cm³/mol. The van der Waals surface area contributed by atoms with Crippen LogP contribution in [0.4, 0.5) is 17.6 Å². The molecule has 0 amide bonds. The molecule has 0 aliphatic carbocycles. The molecule has 11 heteroatoms. The fraction of sp³-hybridized carbons (Fsp3) is 0.300. The number of hydrogen-bond donors (Lipinski definition) is 2. The summed E-state index contributed by atoms with van der Waals surface area (Å²) < 4.78 is 74.0. The molecule has 0 atom stereocenters. The molecule has 0 heterocycles. The van der Waals surface area contributed by atoms with E-state index >= 15 is 0 Å². The molecule has 118 valence electrons. The van der Waals surface area contributed by atoms with Gasteiger partial charge in [0.25, 0.3) is 0 Å². The lowest BCUT2D eigenvalue weighted by Crippen LogP contribution is -2.41. The summed E-state index contributed by atoms with van der Waals surface area (Å²) in [5, 5.41) is 8.28. The fourth-order valence-electron chi connectivity index (χ4n) is 1.19. The third-order valence-corrected chi connectivity index (χ3v) is 4.17. The summed E-state index contributed by atoms with van der Waals surface area (Å²) in [4.78, 5) is 9.92. The van der Waals surface area contributed by atoms with E-state index in [2.05, 4.69) is 0 Å². The van der Waals surface area contributed by atoms with E-state index in [1.165, 1.54) is 4.72 Å². The van der Waals surface area contributed by atoms with Crippen molar-refractivity contribution in [2.24, 2.45) is 0 Å². The normalized spacial score (nSPS) is 12.7. The van der Waals surface area contributed by atoms with E-state index in [9.17, 15) is 30.8 Å². The lowest BCUT2D eigenvalue weighted by atomic mass is 10.2. The van der Waals surface area contributed by atoms with Crippen molar-refractivity contribution in [3.63, 3.8) is 0 Å². The van der Waals surface area contributed by atoms with Gasteiger partial charge in [-0.2, -0.15) is 8.78 Å². The van der Waals surface area contributed by atoms with Crippen LogP contribution in [0.2, 0.25) is 5.02 Å². The number of carboxylic acid groups (broad SMARTS) is 1. The smallest absolute Gasteiger partial charge is 0.335 e. The first kappa shape index (κ1) is 17.7. The summed E-state index contributed by atoms with van der Waals surface area (Å²) >= 11 is 5.55. The second-order valence-corrected chi connectivity index (χ2v) is 5.98. The summed E-state index contributed by atoms with van der Waals surface area (Å²) in [6.45, 7) is -1.85. The molecule has 1 aromatic carbocycles. The Bertz CT molecular complexity index is 650. The minimum atomic E-state index is -4.67. The molecule has 2 N–H and O–H groups in total. The highest BCUT2D eigenvalue weighted by Gasteiger charge is 2.41. The summed E-state index contributed by atoms with van der Waals surface area (Å²) in [7, 11) is -4.67. The van der Waals surface area contributed by atoms with Gasteiger partial charge in [0.1, 0.15) is 4.90 Å². The van der Waals surface area contributed by atoms with Crippen LogP contribution >= 0.6 is 11.6 Å². The van der Waals surface area contributed by atoms with Crippen LogP contribution in [-0.4, -0.2) is 38.4 Å².